The van der Waals surface area contributed by atoms with E-state index >= 15 is 0 Å². The fraction of sp³-hybridized carbons (Fsp3) is 0.607. The van der Waals surface area contributed by atoms with Crippen molar-refractivity contribution in [1.29, 1.82) is 0 Å². The maximum absolute atomic E-state index is 5.91. The van der Waals surface area contributed by atoms with Crippen LogP contribution in [0.5, 0.6) is 5.75 Å². The number of aryl methyl sites for hydroxylation is 1. The number of hydrogen-bond donors (Lipinski definition) is 0. The standard InChI is InChI=1S/C28H42N2OS/c1-3-5-7-9-11-12-14-16-26-22-30-23-27(29-28(30)32-26)24-17-19-25(20-18-24)31-21-15-13-10-8-6-4-2/h17-20,22-23H,3-16,21H2,1-2H3. The Bertz CT molecular complexity index is 849. The van der Waals surface area contributed by atoms with E-state index in [9.17, 15) is 0 Å². The van der Waals surface area contributed by atoms with Gasteiger partial charge in [-0.3, -0.25) is 4.40 Å². The Morgan fingerprint density at radius 3 is 2.03 bits per heavy atom. The molecule has 0 unspecified atom stereocenters. The number of nitrogens with zero attached hydrogens (tertiary/aromatic N) is 2. The lowest BCUT2D eigenvalue weighted by atomic mass is 10.1. The molecule has 3 rings (SSSR count). The van der Waals surface area contributed by atoms with E-state index in [1.165, 1.54) is 88.3 Å². The Kier molecular flexibility index (Phi) is 11.1. The fourth-order valence-electron chi connectivity index (χ4n) is 4.15. The summed E-state index contributed by atoms with van der Waals surface area (Å²) in [7, 11) is 0. The van der Waals surface area contributed by atoms with Crippen molar-refractivity contribution in [2.75, 3.05) is 6.61 Å². The summed E-state index contributed by atoms with van der Waals surface area (Å²) in [5.41, 5.74) is 2.20. The summed E-state index contributed by atoms with van der Waals surface area (Å²) in [5.74, 6) is 0.959. The number of fused-ring (bicyclic) bond motifs is 1. The second-order valence-corrected chi connectivity index (χ2v) is 10.1. The van der Waals surface area contributed by atoms with E-state index in [1.807, 2.05) is 11.3 Å². The Labute approximate surface area is 199 Å². The smallest absolute Gasteiger partial charge is 0.194 e. The second-order valence-electron chi connectivity index (χ2n) is 9.03. The minimum atomic E-state index is 0.813. The molecular formula is C28H42N2OS. The highest BCUT2D eigenvalue weighted by molar-refractivity contribution is 7.17. The van der Waals surface area contributed by atoms with Gasteiger partial charge in [0.25, 0.3) is 0 Å². The van der Waals surface area contributed by atoms with E-state index in [2.05, 4.69) is 54.9 Å². The van der Waals surface area contributed by atoms with Crippen molar-refractivity contribution < 1.29 is 4.74 Å². The summed E-state index contributed by atoms with van der Waals surface area (Å²) in [6.45, 7) is 5.35. The molecule has 0 N–H and O–H groups in total. The summed E-state index contributed by atoms with van der Waals surface area (Å²) in [4.78, 5) is 7.41. The third-order valence-electron chi connectivity index (χ3n) is 6.15. The van der Waals surface area contributed by atoms with Gasteiger partial charge in [-0.1, -0.05) is 84.5 Å². The third kappa shape index (κ3) is 8.27. The van der Waals surface area contributed by atoms with Gasteiger partial charge < -0.3 is 4.74 Å². The minimum Gasteiger partial charge on any atom is -0.494 e. The molecular weight excluding hydrogens is 412 g/mol. The first-order valence-corrected chi connectivity index (χ1v) is 13.8. The zero-order valence-corrected chi connectivity index (χ0v) is 21.1. The predicted molar refractivity (Wildman–Crippen MR) is 139 cm³/mol. The Morgan fingerprint density at radius 2 is 1.38 bits per heavy atom. The van der Waals surface area contributed by atoms with Gasteiger partial charge in [-0.15, -0.1) is 11.3 Å². The summed E-state index contributed by atoms with van der Waals surface area (Å²) in [6.07, 6.45) is 22.9. The van der Waals surface area contributed by atoms with Gasteiger partial charge in [-0.05, 0) is 43.5 Å². The molecule has 0 fully saturated rings. The van der Waals surface area contributed by atoms with E-state index in [-0.39, 0.29) is 0 Å². The Hall–Kier alpha value is -1.81. The van der Waals surface area contributed by atoms with Gasteiger partial charge >= 0.3 is 0 Å². The van der Waals surface area contributed by atoms with Crippen LogP contribution in [0.2, 0.25) is 0 Å². The van der Waals surface area contributed by atoms with Crippen LogP contribution in [0, 0.1) is 0 Å². The lowest BCUT2D eigenvalue weighted by molar-refractivity contribution is 0.304. The Balaban J connectivity index is 1.40. The molecule has 4 heteroatoms. The summed E-state index contributed by atoms with van der Waals surface area (Å²) in [5, 5.41) is 0. The van der Waals surface area contributed by atoms with Crippen molar-refractivity contribution in [1.82, 2.24) is 9.38 Å². The molecule has 0 radical (unpaired) electrons. The van der Waals surface area contributed by atoms with Gasteiger partial charge in [0.1, 0.15) is 5.75 Å². The first-order valence-electron chi connectivity index (χ1n) is 13.0. The topological polar surface area (TPSA) is 26.5 Å². The van der Waals surface area contributed by atoms with Crippen LogP contribution < -0.4 is 4.74 Å². The third-order valence-corrected chi connectivity index (χ3v) is 7.20. The highest BCUT2D eigenvalue weighted by Gasteiger charge is 2.09. The first-order chi connectivity index (χ1) is 15.8. The van der Waals surface area contributed by atoms with Crippen LogP contribution in [0.3, 0.4) is 0 Å². The number of ether oxygens (including phenoxy) is 1. The number of imidazole rings is 1. The van der Waals surface area contributed by atoms with Crippen LogP contribution in [-0.4, -0.2) is 16.0 Å². The van der Waals surface area contributed by atoms with Gasteiger partial charge in [0.2, 0.25) is 0 Å². The molecule has 3 nitrogen and oxygen atoms in total. The highest BCUT2D eigenvalue weighted by Crippen LogP contribution is 2.26. The average Bonchev–Trinajstić information content (AvgIpc) is 3.37. The molecule has 0 bridgehead atoms. The van der Waals surface area contributed by atoms with Gasteiger partial charge in [0, 0.05) is 22.8 Å². The highest BCUT2D eigenvalue weighted by atomic mass is 32.1. The number of rotatable bonds is 17. The number of unbranched alkanes of at least 4 members (excludes halogenated alkanes) is 11. The molecule has 0 atom stereocenters. The number of aromatic nitrogens is 2. The summed E-state index contributed by atoms with van der Waals surface area (Å²) < 4.78 is 8.11. The maximum Gasteiger partial charge on any atom is 0.194 e. The molecule has 0 saturated carbocycles. The van der Waals surface area contributed by atoms with Crippen molar-refractivity contribution >= 4 is 16.3 Å². The molecule has 0 aliphatic heterocycles. The molecule has 0 spiro atoms. The maximum atomic E-state index is 5.91. The van der Waals surface area contributed by atoms with Gasteiger partial charge in [-0.25, -0.2) is 4.98 Å². The normalized spacial score (nSPS) is 11.4. The molecule has 2 aromatic heterocycles. The molecule has 176 valence electrons. The fourth-order valence-corrected chi connectivity index (χ4v) is 5.15. The van der Waals surface area contributed by atoms with E-state index < -0.39 is 0 Å². The Morgan fingerprint density at radius 1 is 0.750 bits per heavy atom. The molecule has 0 saturated heterocycles. The summed E-state index contributed by atoms with van der Waals surface area (Å²) >= 11 is 1.84. The van der Waals surface area contributed by atoms with Crippen molar-refractivity contribution in [3.63, 3.8) is 0 Å². The van der Waals surface area contributed by atoms with Crippen LogP contribution in [0.15, 0.2) is 36.7 Å². The molecule has 3 aromatic rings. The van der Waals surface area contributed by atoms with Crippen LogP contribution in [0.25, 0.3) is 16.2 Å². The molecule has 2 heterocycles. The van der Waals surface area contributed by atoms with Crippen LogP contribution in [0.4, 0.5) is 0 Å². The average molecular weight is 455 g/mol. The lowest BCUT2D eigenvalue weighted by Gasteiger charge is -2.06. The van der Waals surface area contributed by atoms with Gasteiger partial charge in [0.15, 0.2) is 4.96 Å². The molecule has 1 aromatic carbocycles. The quantitative estimate of drug-likeness (QED) is 0.190. The zero-order chi connectivity index (χ0) is 22.4. The lowest BCUT2D eigenvalue weighted by Crippen LogP contribution is -1.97. The summed E-state index contributed by atoms with van der Waals surface area (Å²) in [6, 6.07) is 8.41. The number of benzene rings is 1. The van der Waals surface area contributed by atoms with Crippen LogP contribution in [0.1, 0.15) is 102 Å². The van der Waals surface area contributed by atoms with E-state index in [0.717, 1.165) is 35.0 Å². The first kappa shape index (κ1) is 24.8. The zero-order valence-electron chi connectivity index (χ0n) is 20.3. The van der Waals surface area contributed by atoms with Crippen molar-refractivity contribution in [2.45, 2.75) is 104 Å². The van der Waals surface area contributed by atoms with Crippen molar-refractivity contribution in [3.05, 3.63) is 41.5 Å². The largest absolute Gasteiger partial charge is 0.494 e. The molecule has 32 heavy (non-hydrogen) atoms. The number of thiazole rings is 1. The molecule has 0 aliphatic carbocycles. The number of hydrogen-bond acceptors (Lipinski definition) is 3. The van der Waals surface area contributed by atoms with Crippen molar-refractivity contribution in [3.8, 4) is 17.0 Å². The predicted octanol–water partition coefficient (Wildman–Crippen LogP) is 9.10. The SMILES string of the molecule is CCCCCCCCCc1cn2cc(-c3ccc(OCCCCCCCC)cc3)nc2s1. The van der Waals surface area contributed by atoms with Gasteiger partial charge in [0.05, 0.1) is 12.3 Å². The van der Waals surface area contributed by atoms with E-state index in [4.69, 9.17) is 9.72 Å². The minimum absolute atomic E-state index is 0.813. The van der Waals surface area contributed by atoms with Crippen LogP contribution in [-0.2, 0) is 6.42 Å². The monoisotopic (exact) mass is 454 g/mol. The van der Waals surface area contributed by atoms with E-state index in [0.29, 0.717) is 0 Å². The van der Waals surface area contributed by atoms with Gasteiger partial charge in [-0.2, -0.15) is 0 Å². The molecule has 0 aliphatic rings. The molecule has 0 amide bonds. The van der Waals surface area contributed by atoms with Crippen molar-refractivity contribution in [2.24, 2.45) is 0 Å². The second kappa shape index (κ2) is 14.4. The van der Waals surface area contributed by atoms with E-state index in [1.54, 1.807) is 0 Å². The van der Waals surface area contributed by atoms with Crippen LogP contribution >= 0.6 is 11.3 Å².